The number of fused-ring (bicyclic) bond motifs is 1. The molecule has 0 saturated heterocycles. The number of hydrogen-bond acceptors (Lipinski definition) is 6. The Morgan fingerprint density at radius 2 is 1.90 bits per heavy atom. The first kappa shape index (κ1) is 21.5. The maximum absolute atomic E-state index is 13.0. The maximum Gasteiger partial charge on any atom is 0.317 e. The van der Waals surface area contributed by atoms with Crippen molar-refractivity contribution in [2.24, 2.45) is 11.3 Å². The Balaban J connectivity index is 1.98. The summed E-state index contributed by atoms with van der Waals surface area (Å²) >= 11 is 0. The van der Waals surface area contributed by atoms with Gasteiger partial charge in [-0.3, -0.25) is 9.59 Å². The van der Waals surface area contributed by atoms with Gasteiger partial charge in [-0.25, -0.2) is 0 Å². The fourth-order valence-corrected chi connectivity index (χ4v) is 4.56. The Morgan fingerprint density at radius 3 is 2.55 bits per heavy atom. The van der Waals surface area contributed by atoms with E-state index in [1.54, 1.807) is 0 Å². The summed E-state index contributed by atoms with van der Waals surface area (Å²) in [4.78, 5) is 27.1. The molecule has 0 aromatic heterocycles. The van der Waals surface area contributed by atoms with Gasteiger partial charge < -0.3 is 19.1 Å². The molecule has 1 heterocycles. The second-order valence-electron chi connectivity index (χ2n) is 8.65. The van der Waals surface area contributed by atoms with Crippen LogP contribution in [0.25, 0.3) is 0 Å². The van der Waals surface area contributed by atoms with Crippen molar-refractivity contribution >= 4 is 17.6 Å². The molecule has 1 aromatic rings. The highest BCUT2D eigenvalue weighted by Gasteiger charge is 2.46. The molecule has 1 aliphatic heterocycles. The van der Waals surface area contributed by atoms with Gasteiger partial charge in [-0.1, -0.05) is 13.0 Å². The lowest BCUT2D eigenvalue weighted by Gasteiger charge is -2.41. The third-order valence-electron chi connectivity index (χ3n) is 6.48. The molecule has 1 unspecified atom stereocenters. The van der Waals surface area contributed by atoms with Crippen LogP contribution in [0, 0.1) is 18.3 Å². The summed E-state index contributed by atoms with van der Waals surface area (Å²) < 4.78 is 16.2. The summed E-state index contributed by atoms with van der Waals surface area (Å²) in [7, 11) is 2.77. The Morgan fingerprint density at radius 1 is 1.17 bits per heavy atom. The molecule has 160 valence electrons. The fraction of sp³-hybridized carbons (Fsp3) is 0.652. The van der Waals surface area contributed by atoms with E-state index >= 15 is 0 Å². The number of esters is 2. The molecule has 3 rings (SSSR count). The first-order chi connectivity index (χ1) is 13.9. The van der Waals surface area contributed by atoms with E-state index in [4.69, 9.17) is 14.2 Å². The number of anilines is 1. The molecule has 0 spiro atoms. The Hall–Kier alpha value is -2.24. The average molecular weight is 404 g/mol. The second-order valence-corrected chi connectivity index (χ2v) is 8.65. The second kappa shape index (κ2) is 9.06. The third-order valence-corrected chi connectivity index (χ3v) is 6.48. The summed E-state index contributed by atoms with van der Waals surface area (Å²) in [6.45, 7) is 5.03. The van der Waals surface area contributed by atoms with Gasteiger partial charge >= 0.3 is 11.9 Å². The number of nitrogens with zero attached hydrogens (tertiary/aromatic N) is 1. The van der Waals surface area contributed by atoms with Gasteiger partial charge in [-0.2, -0.15) is 0 Å². The zero-order valence-electron chi connectivity index (χ0n) is 18.0. The predicted octanol–water partition coefficient (Wildman–Crippen LogP) is 3.89. The molecular formula is C23H33NO5. The molecule has 1 aromatic carbocycles. The van der Waals surface area contributed by atoms with Crippen LogP contribution in [0.5, 0.6) is 5.75 Å². The van der Waals surface area contributed by atoms with Crippen LogP contribution < -0.4 is 9.64 Å². The molecular weight excluding hydrogens is 370 g/mol. The van der Waals surface area contributed by atoms with Crippen LogP contribution in [0.4, 0.5) is 5.69 Å². The van der Waals surface area contributed by atoms with Gasteiger partial charge in [0.05, 0.1) is 19.9 Å². The summed E-state index contributed by atoms with van der Waals surface area (Å²) in [5.41, 5.74) is 1.27. The van der Waals surface area contributed by atoms with E-state index in [1.165, 1.54) is 27.1 Å². The van der Waals surface area contributed by atoms with Crippen molar-refractivity contribution in [3.63, 3.8) is 0 Å². The molecule has 1 fully saturated rings. The molecule has 1 saturated carbocycles. The number of carbonyl (C=O) groups is 2. The largest absolute Gasteiger partial charge is 0.490 e. The summed E-state index contributed by atoms with van der Waals surface area (Å²) in [6, 6.07) is 6.49. The standard InChI is InChI=1S/C23H33NO5/c1-16-5-8-18(9-6-16)24-14-23(22(26)28-4,12-11-21(25)27-3)15-29-20-10-7-17(2)13-19(20)24/h7,10,13,16,18H,5-6,8-9,11-12,14-15H2,1-4H3. The molecule has 0 radical (unpaired) electrons. The topological polar surface area (TPSA) is 65.1 Å². The van der Waals surface area contributed by atoms with Crippen LogP contribution in [-0.4, -0.2) is 45.4 Å². The van der Waals surface area contributed by atoms with Gasteiger partial charge in [-0.15, -0.1) is 0 Å². The minimum atomic E-state index is -0.918. The van der Waals surface area contributed by atoms with E-state index in [9.17, 15) is 9.59 Å². The van der Waals surface area contributed by atoms with Crippen molar-refractivity contribution in [2.75, 3.05) is 32.3 Å². The first-order valence-corrected chi connectivity index (χ1v) is 10.5. The summed E-state index contributed by atoms with van der Waals surface area (Å²) in [6.07, 6.45) is 5.01. The minimum Gasteiger partial charge on any atom is -0.490 e. The SMILES string of the molecule is COC(=O)CCC1(C(=O)OC)COc2ccc(C)cc2N(C2CCC(C)CC2)C1. The number of methoxy groups -OCH3 is 2. The molecule has 0 amide bonds. The lowest BCUT2D eigenvalue weighted by molar-refractivity contribution is -0.155. The highest BCUT2D eigenvalue weighted by atomic mass is 16.5. The molecule has 29 heavy (non-hydrogen) atoms. The van der Waals surface area contributed by atoms with Crippen molar-refractivity contribution in [1.29, 1.82) is 0 Å². The van der Waals surface area contributed by atoms with Gasteiger partial charge in [0.1, 0.15) is 17.8 Å². The number of rotatable bonds is 5. The van der Waals surface area contributed by atoms with Gasteiger partial charge in [0.25, 0.3) is 0 Å². The highest BCUT2D eigenvalue weighted by molar-refractivity contribution is 5.80. The molecule has 0 bridgehead atoms. The van der Waals surface area contributed by atoms with Crippen LogP contribution in [0.2, 0.25) is 0 Å². The molecule has 6 nitrogen and oxygen atoms in total. The van der Waals surface area contributed by atoms with Gasteiger partial charge in [0.2, 0.25) is 0 Å². The van der Waals surface area contributed by atoms with Crippen molar-refractivity contribution in [1.82, 2.24) is 0 Å². The van der Waals surface area contributed by atoms with Crippen LogP contribution >= 0.6 is 0 Å². The lowest BCUT2D eigenvalue weighted by Crippen LogP contribution is -2.50. The number of hydrogen-bond donors (Lipinski definition) is 0. The summed E-state index contributed by atoms with van der Waals surface area (Å²) in [5.74, 6) is 0.859. The van der Waals surface area contributed by atoms with Crippen molar-refractivity contribution in [2.45, 2.75) is 58.4 Å². The quantitative estimate of drug-likeness (QED) is 0.695. The van der Waals surface area contributed by atoms with Crippen molar-refractivity contribution in [3.05, 3.63) is 23.8 Å². The number of benzene rings is 1. The molecule has 1 aliphatic carbocycles. The van der Waals surface area contributed by atoms with E-state index in [1.807, 2.05) is 12.1 Å². The summed E-state index contributed by atoms with van der Waals surface area (Å²) in [5, 5.41) is 0. The van der Waals surface area contributed by atoms with Crippen molar-refractivity contribution < 1.29 is 23.8 Å². The van der Waals surface area contributed by atoms with Gasteiger partial charge in [0.15, 0.2) is 0 Å². The highest BCUT2D eigenvalue weighted by Crippen LogP contribution is 2.42. The van der Waals surface area contributed by atoms with Gasteiger partial charge in [0, 0.05) is 19.0 Å². The zero-order valence-corrected chi connectivity index (χ0v) is 18.0. The maximum atomic E-state index is 13.0. The zero-order chi connectivity index (χ0) is 21.0. The fourth-order valence-electron chi connectivity index (χ4n) is 4.56. The number of ether oxygens (including phenoxy) is 3. The molecule has 6 heteroatoms. The number of carbonyl (C=O) groups excluding carboxylic acids is 2. The van der Waals surface area contributed by atoms with E-state index in [0.717, 1.165) is 35.8 Å². The average Bonchev–Trinajstić information content (AvgIpc) is 2.90. The van der Waals surface area contributed by atoms with E-state index < -0.39 is 5.41 Å². The Bertz CT molecular complexity index is 741. The smallest absolute Gasteiger partial charge is 0.317 e. The monoisotopic (exact) mass is 403 g/mol. The molecule has 0 N–H and O–H groups in total. The molecule has 1 atom stereocenters. The van der Waals surface area contributed by atoms with Crippen LogP contribution in [0.3, 0.4) is 0 Å². The van der Waals surface area contributed by atoms with E-state index in [0.29, 0.717) is 19.0 Å². The predicted molar refractivity (Wildman–Crippen MR) is 111 cm³/mol. The third kappa shape index (κ3) is 4.68. The van der Waals surface area contributed by atoms with Crippen molar-refractivity contribution in [3.8, 4) is 5.75 Å². The van der Waals surface area contributed by atoms with Gasteiger partial charge in [-0.05, 0) is 62.6 Å². The van der Waals surface area contributed by atoms with Crippen LogP contribution in [0.15, 0.2) is 18.2 Å². The first-order valence-electron chi connectivity index (χ1n) is 10.5. The van der Waals surface area contributed by atoms with Crippen LogP contribution in [0.1, 0.15) is 51.0 Å². The Kier molecular flexibility index (Phi) is 6.70. The van der Waals surface area contributed by atoms with E-state index in [-0.39, 0.29) is 25.0 Å². The number of aryl methyl sites for hydroxylation is 1. The normalized spacial score (nSPS) is 26.7. The molecule has 2 aliphatic rings. The lowest BCUT2D eigenvalue weighted by atomic mass is 9.81. The Labute approximate surface area is 173 Å². The minimum absolute atomic E-state index is 0.153. The van der Waals surface area contributed by atoms with Crippen LogP contribution in [-0.2, 0) is 19.1 Å². The van der Waals surface area contributed by atoms with E-state index in [2.05, 4.69) is 24.8 Å².